The summed E-state index contributed by atoms with van der Waals surface area (Å²) in [6, 6.07) is 13.6. The number of anilines is 1. The monoisotopic (exact) mass is 382 g/mol. The Balaban J connectivity index is 1.55. The van der Waals surface area contributed by atoms with E-state index < -0.39 is 5.76 Å². The molecule has 146 valence electrons. The van der Waals surface area contributed by atoms with Gasteiger partial charge in [0, 0.05) is 18.7 Å². The van der Waals surface area contributed by atoms with Crippen molar-refractivity contribution >= 4 is 28.7 Å². The van der Waals surface area contributed by atoms with E-state index in [4.69, 9.17) is 9.15 Å². The Morgan fingerprint density at radius 3 is 2.61 bits per heavy atom. The van der Waals surface area contributed by atoms with E-state index in [0.29, 0.717) is 29.0 Å². The smallest absolute Gasteiger partial charge is 0.419 e. The summed E-state index contributed by atoms with van der Waals surface area (Å²) in [5.41, 5.74) is 2.16. The zero-order valence-electron chi connectivity index (χ0n) is 15.6. The Labute approximate surface area is 161 Å². The quantitative estimate of drug-likeness (QED) is 0.475. The van der Waals surface area contributed by atoms with Crippen LogP contribution in [0.5, 0.6) is 0 Å². The molecule has 1 aromatic heterocycles. The molecule has 0 aliphatic heterocycles. The fourth-order valence-electron chi connectivity index (χ4n) is 2.74. The Kier molecular flexibility index (Phi) is 6.26. The van der Waals surface area contributed by atoms with Gasteiger partial charge in [-0.15, -0.1) is 0 Å². The summed E-state index contributed by atoms with van der Waals surface area (Å²) in [5.74, 6) is -1.10. The molecule has 1 heterocycles. The number of ether oxygens (including phenoxy) is 1. The van der Waals surface area contributed by atoms with Crippen LogP contribution >= 0.6 is 0 Å². The summed E-state index contributed by atoms with van der Waals surface area (Å²) >= 11 is 0. The van der Waals surface area contributed by atoms with Gasteiger partial charge in [0.2, 0.25) is 5.91 Å². The van der Waals surface area contributed by atoms with Crippen LogP contribution in [0.1, 0.15) is 36.5 Å². The Morgan fingerprint density at radius 1 is 1.11 bits per heavy atom. The molecule has 0 aliphatic rings. The summed E-state index contributed by atoms with van der Waals surface area (Å²) in [4.78, 5) is 36.0. The number of benzene rings is 2. The average Bonchev–Trinajstić information content (AvgIpc) is 3.02. The van der Waals surface area contributed by atoms with E-state index in [2.05, 4.69) is 5.32 Å². The van der Waals surface area contributed by atoms with Crippen molar-refractivity contribution in [3.8, 4) is 0 Å². The van der Waals surface area contributed by atoms with Gasteiger partial charge >= 0.3 is 11.7 Å². The van der Waals surface area contributed by atoms with E-state index in [-0.39, 0.29) is 24.8 Å². The van der Waals surface area contributed by atoms with Gasteiger partial charge in [0.05, 0.1) is 17.7 Å². The molecule has 0 saturated heterocycles. The van der Waals surface area contributed by atoms with E-state index in [1.54, 1.807) is 42.5 Å². The molecule has 0 spiro atoms. The van der Waals surface area contributed by atoms with E-state index in [1.165, 1.54) is 4.57 Å². The molecule has 0 saturated carbocycles. The molecule has 0 aliphatic carbocycles. The van der Waals surface area contributed by atoms with Gasteiger partial charge in [-0.05, 0) is 42.8 Å². The third kappa shape index (κ3) is 4.68. The van der Waals surface area contributed by atoms with Crippen molar-refractivity contribution in [2.45, 2.75) is 32.7 Å². The fraction of sp³-hybridized carbons (Fsp3) is 0.286. The van der Waals surface area contributed by atoms with Crippen LogP contribution in [-0.2, 0) is 16.1 Å². The second kappa shape index (κ2) is 9.03. The van der Waals surface area contributed by atoms with Gasteiger partial charge in [0.15, 0.2) is 5.58 Å². The van der Waals surface area contributed by atoms with Crippen molar-refractivity contribution in [1.29, 1.82) is 0 Å². The van der Waals surface area contributed by atoms with Gasteiger partial charge in [-0.3, -0.25) is 9.36 Å². The van der Waals surface area contributed by atoms with Gasteiger partial charge in [0.1, 0.15) is 0 Å². The highest BCUT2D eigenvalue weighted by Gasteiger charge is 2.11. The lowest BCUT2D eigenvalue weighted by Crippen LogP contribution is -2.19. The first-order valence-corrected chi connectivity index (χ1v) is 9.24. The molecule has 7 heteroatoms. The number of aromatic nitrogens is 1. The molecule has 0 fully saturated rings. The maximum atomic E-state index is 12.2. The van der Waals surface area contributed by atoms with Crippen molar-refractivity contribution in [2.24, 2.45) is 0 Å². The largest absolute Gasteiger partial charge is 0.462 e. The molecule has 1 amide bonds. The third-order valence-corrected chi connectivity index (χ3v) is 4.27. The summed E-state index contributed by atoms with van der Waals surface area (Å²) in [6.07, 6.45) is 1.90. The lowest BCUT2D eigenvalue weighted by atomic mass is 10.2. The second-order valence-electron chi connectivity index (χ2n) is 6.35. The van der Waals surface area contributed by atoms with Crippen LogP contribution in [0, 0.1) is 0 Å². The molecule has 2 aromatic carbocycles. The van der Waals surface area contributed by atoms with Gasteiger partial charge in [-0.2, -0.15) is 0 Å². The minimum Gasteiger partial charge on any atom is -0.462 e. The number of hydrogen-bond donors (Lipinski definition) is 1. The summed E-state index contributed by atoms with van der Waals surface area (Å²) < 4.78 is 11.7. The summed E-state index contributed by atoms with van der Waals surface area (Å²) in [5, 5.41) is 2.75. The van der Waals surface area contributed by atoms with Crippen molar-refractivity contribution < 1.29 is 18.7 Å². The number of nitrogens with one attached hydrogen (secondary N) is 1. The summed E-state index contributed by atoms with van der Waals surface area (Å²) in [7, 11) is 0. The number of oxazole rings is 1. The number of fused-ring (bicyclic) bond motifs is 1. The fourth-order valence-corrected chi connectivity index (χ4v) is 2.74. The zero-order valence-corrected chi connectivity index (χ0v) is 15.6. The van der Waals surface area contributed by atoms with E-state index in [0.717, 1.165) is 12.8 Å². The first-order valence-electron chi connectivity index (χ1n) is 9.24. The van der Waals surface area contributed by atoms with Crippen molar-refractivity contribution in [3.63, 3.8) is 0 Å². The van der Waals surface area contributed by atoms with Gasteiger partial charge in [-0.1, -0.05) is 25.5 Å². The van der Waals surface area contributed by atoms with E-state index in [9.17, 15) is 14.4 Å². The highest BCUT2D eigenvalue weighted by atomic mass is 16.5. The second-order valence-corrected chi connectivity index (χ2v) is 6.35. The first-order chi connectivity index (χ1) is 13.6. The normalized spacial score (nSPS) is 10.8. The Bertz CT molecular complexity index is 1020. The predicted molar refractivity (Wildman–Crippen MR) is 105 cm³/mol. The summed E-state index contributed by atoms with van der Waals surface area (Å²) in [6.45, 7) is 2.64. The van der Waals surface area contributed by atoms with E-state index >= 15 is 0 Å². The SMILES string of the molecule is CCCCOC(=O)c1ccc(NC(=O)CCn2c(=O)oc3ccccc32)cc1. The number of unbranched alkanes of at least 4 members (excludes halogenated alkanes) is 1. The molecular weight excluding hydrogens is 360 g/mol. The van der Waals surface area contributed by atoms with Crippen LogP contribution in [-0.4, -0.2) is 23.1 Å². The van der Waals surface area contributed by atoms with Gasteiger partial charge in [0.25, 0.3) is 0 Å². The third-order valence-electron chi connectivity index (χ3n) is 4.27. The number of rotatable bonds is 8. The number of para-hydroxylation sites is 2. The van der Waals surface area contributed by atoms with Gasteiger partial charge in [-0.25, -0.2) is 9.59 Å². The minimum absolute atomic E-state index is 0.115. The van der Waals surface area contributed by atoms with Crippen LogP contribution < -0.4 is 11.1 Å². The number of hydrogen-bond acceptors (Lipinski definition) is 5. The Morgan fingerprint density at radius 2 is 1.86 bits per heavy atom. The number of carbonyl (C=O) groups is 2. The number of aryl methyl sites for hydroxylation is 1. The lowest BCUT2D eigenvalue weighted by molar-refractivity contribution is -0.116. The molecule has 1 N–H and O–H groups in total. The number of carbonyl (C=O) groups excluding carboxylic acids is 2. The molecule has 0 radical (unpaired) electrons. The van der Waals surface area contributed by atoms with Crippen molar-refractivity contribution in [1.82, 2.24) is 4.57 Å². The highest BCUT2D eigenvalue weighted by molar-refractivity contribution is 5.93. The van der Waals surface area contributed by atoms with Crippen LogP contribution in [0.3, 0.4) is 0 Å². The molecule has 0 unspecified atom stereocenters. The molecule has 28 heavy (non-hydrogen) atoms. The molecule has 3 aromatic rings. The predicted octanol–water partition coefficient (Wildman–Crippen LogP) is 3.58. The maximum absolute atomic E-state index is 12.2. The lowest BCUT2D eigenvalue weighted by Gasteiger charge is -2.07. The van der Waals surface area contributed by atoms with E-state index in [1.807, 2.05) is 13.0 Å². The van der Waals surface area contributed by atoms with Crippen LogP contribution in [0.2, 0.25) is 0 Å². The molecule has 3 rings (SSSR count). The molecule has 0 atom stereocenters. The first kappa shape index (κ1) is 19.4. The Hall–Kier alpha value is -3.35. The zero-order chi connectivity index (χ0) is 19.9. The van der Waals surface area contributed by atoms with Crippen molar-refractivity contribution in [2.75, 3.05) is 11.9 Å². The highest BCUT2D eigenvalue weighted by Crippen LogP contribution is 2.14. The topological polar surface area (TPSA) is 90.5 Å². The number of nitrogens with zero attached hydrogens (tertiary/aromatic N) is 1. The number of amides is 1. The van der Waals surface area contributed by atoms with Crippen LogP contribution in [0.25, 0.3) is 11.1 Å². The van der Waals surface area contributed by atoms with Gasteiger partial charge < -0.3 is 14.5 Å². The average molecular weight is 382 g/mol. The number of esters is 1. The molecule has 0 bridgehead atoms. The van der Waals surface area contributed by atoms with Crippen LogP contribution in [0.4, 0.5) is 5.69 Å². The standard InChI is InChI=1S/C21H22N2O5/c1-2-3-14-27-20(25)15-8-10-16(11-9-15)22-19(24)12-13-23-17-6-4-5-7-18(17)28-21(23)26/h4-11H,2-3,12-14H2,1H3,(H,22,24). The molecular formula is C21H22N2O5. The molecule has 7 nitrogen and oxygen atoms in total. The van der Waals surface area contributed by atoms with Crippen molar-refractivity contribution in [3.05, 3.63) is 64.6 Å². The maximum Gasteiger partial charge on any atom is 0.419 e. The van der Waals surface area contributed by atoms with Crippen LogP contribution in [0.15, 0.2) is 57.7 Å². The minimum atomic E-state index is -0.486.